The summed E-state index contributed by atoms with van der Waals surface area (Å²) >= 11 is 6.04. The van der Waals surface area contributed by atoms with E-state index in [1.165, 1.54) is 0 Å². The number of carbonyl (C=O) groups excluding carboxylic acids is 2. The van der Waals surface area contributed by atoms with Gasteiger partial charge in [-0.2, -0.15) is 0 Å². The number of hydrogen-bond donors (Lipinski definition) is 4. The van der Waals surface area contributed by atoms with Gasteiger partial charge in [0.1, 0.15) is 0 Å². The van der Waals surface area contributed by atoms with Gasteiger partial charge in [0.15, 0.2) is 0 Å². The van der Waals surface area contributed by atoms with Crippen molar-refractivity contribution in [3.63, 3.8) is 0 Å². The molecule has 2 aromatic carbocycles. The first-order valence-electron chi connectivity index (χ1n) is 11.1. The van der Waals surface area contributed by atoms with Crippen molar-refractivity contribution in [1.82, 2.24) is 10.3 Å². The van der Waals surface area contributed by atoms with Crippen molar-refractivity contribution in [3.05, 3.63) is 71.4 Å². The summed E-state index contributed by atoms with van der Waals surface area (Å²) in [5, 5.41) is 8.47. The van der Waals surface area contributed by atoms with E-state index in [0.717, 1.165) is 42.3 Å². The lowest BCUT2D eigenvalue weighted by atomic mass is 9.90. The van der Waals surface area contributed by atoms with Crippen molar-refractivity contribution in [2.75, 3.05) is 11.9 Å². The Balaban J connectivity index is 0.000000286. The van der Waals surface area contributed by atoms with Crippen LogP contribution in [-0.4, -0.2) is 35.4 Å². The van der Waals surface area contributed by atoms with E-state index in [1.54, 1.807) is 30.5 Å². The van der Waals surface area contributed by atoms with E-state index in [4.69, 9.17) is 23.1 Å². The number of benzene rings is 2. The largest absolute Gasteiger partial charge is 0.382 e. The number of carbonyl (C=O) groups is 2. The zero-order chi connectivity index (χ0) is 23.6. The number of nitrogens with one attached hydrogen (secondary N) is 2. The molecule has 1 fully saturated rings. The molecule has 33 heavy (non-hydrogen) atoms. The first-order chi connectivity index (χ1) is 16.0. The second kappa shape index (κ2) is 12.2. The second-order valence-corrected chi connectivity index (χ2v) is 8.49. The average molecular weight is 468 g/mol. The maximum Gasteiger partial charge on any atom is 0.248 e. The highest BCUT2D eigenvalue weighted by atomic mass is 35.5. The Kier molecular flexibility index (Phi) is 9.04. The number of fused-ring (bicyclic) bond motifs is 1. The van der Waals surface area contributed by atoms with E-state index >= 15 is 0 Å². The number of anilines is 1. The summed E-state index contributed by atoms with van der Waals surface area (Å²) in [7, 11) is 0. The van der Waals surface area contributed by atoms with Crippen LogP contribution in [0.1, 0.15) is 42.5 Å². The minimum Gasteiger partial charge on any atom is -0.382 e. The van der Waals surface area contributed by atoms with E-state index in [0.29, 0.717) is 29.6 Å². The van der Waals surface area contributed by atoms with Crippen LogP contribution in [0.3, 0.4) is 0 Å². The monoisotopic (exact) mass is 467 g/mol. The number of halogens is 1. The molecule has 2 amide bonds. The summed E-state index contributed by atoms with van der Waals surface area (Å²) in [4.78, 5) is 26.4. The Bertz CT molecular complexity index is 1070. The van der Waals surface area contributed by atoms with Crippen LogP contribution < -0.4 is 22.1 Å². The molecule has 3 aromatic rings. The summed E-state index contributed by atoms with van der Waals surface area (Å²) in [6.07, 6.45) is 6.25. The molecule has 0 atom stereocenters. The third-order valence-corrected chi connectivity index (χ3v) is 5.82. The van der Waals surface area contributed by atoms with Gasteiger partial charge in [0.2, 0.25) is 11.8 Å². The highest BCUT2D eigenvalue weighted by molar-refractivity contribution is 6.31. The number of pyridine rings is 1. The highest BCUT2D eigenvalue weighted by Gasteiger charge is 2.22. The van der Waals surface area contributed by atoms with Crippen LogP contribution in [0.2, 0.25) is 5.02 Å². The molecule has 1 aliphatic rings. The van der Waals surface area contributed by atoms with Gasteiger partial charge in [0.25, 0.3) is 0 Å². The van der Waals surface area contributed by atoms with Gasteiger partial charge in [-0.1, -0.05) is 29.8 Å². The lowest BCUT2D eigenvalue weighted by Gasteiger charge is -2.30. The topological polar surface area (TPSA) is 123 Å². The van der Waals surface area contributed by atoms with Gasteiger partial charge >= 0.3 is 0 Å². The first-order valence-corrected chi connectivity index (χ1v) is 11.5. The molecule has 7 nitrogen and oxygen atoms in total. The third-order valence-electron chi connectivity index (χ3n) is 5.59. The van der Waals surface area contributed by atoms with Gasteiger partial charge in [-0.25, -0.2) is 0 Å². The quantitative estimate of drug-likeness (QED) is 0.438. The van der Waals surface area contributed by atoms with Gasteiger partial charge in [-0.3, -0.25) is 14.6 Å². The number of primary amides is 1. The van der Waals surface area contributed by atoms with Crippen molar-refractivity contribution in [3.8, 4) is 0 Å². The lowest BCUT2D eigenvalue weighted by Crippen LogP contribution is -2.40. The normalized spacial score (nSPS) is 17.5. The van der Waals surface area contributed by atoms with E-state index in [9.17, 15) is 9.59 Å². The molecule has 0 spiro atoms. The molecule has 0 unspecified atom stereocenters. The molecule has 174 valence electrons. The predicted molar refractivity (Wildman–Crippen MR) is 133 cm³/mol. The number of nitrogens with two attached hydrogens (primary N) is 2. The molecule has 1 aromatic heterocycles. The fraction of sp³-hybridized carbons (Fsp3) is 0.320. The fourth-order valence-electron chi connectivity index (χ4n) is 3.88. The van der Waals surface area contributed by atoms with Crippen molar-refractivity contribution >= 4 is 40.0 Å². The molecule has 0 saturated heterocycles. The zero-order valence-electron chi connectivity index (χ0n) is 18.5. The standard InChI is InChI=1S/C18H23ClN4O.C7H7NO/c19-12-1-6-15-16(8-10-21-17(15)11-12)22-13-2-4-14(5-3-13)23-18(24)7-9-20;8-7(9)6-4-2-1-3-5-6/h1,6,8,10-11,13-14H,2-5,7,9,20H2,(H,21,22)(H,23,24);1-5H,(H2,8,9). The fourth-order valence-corrected chi connectivity index (χ4v) is 4.05. The highest BCUT2D eigenvalue weighted by Crippen LogP contribution is 2.28. The molecule has 6 N–H and O–H groups in total. The third kappa shape index (κ3) is 7.44. The predicted octanol–water partition coefficient (Wildman–Crippen LogP) is 3.86. The van der Waals surface area contributed by atoms with Crippen LogP contribution >= 0.6 is 11.6 Å². The number of aromatic nitrogens is 1. The number of hydrogen-bond acceptors (Lipinski definition) is 5. The Morgan fingerprint density at radius 2 is 1.70 bits per heavy atom. The van der Waals surface area contributed by atoms with Gasteiger partial charge in [-0.05, 0) is 62.1 Å². The Morgan fingerprint density at radius 3 is 2.33 bits per heavy atom. The molecule has 1 aliphatic carbocycles. The first kappa shape index (κ1) is 24.5. The minimum atomic E-state index is -0.379. The number of nitrogens with zero attached hydrogens (tertiary/aromatic N) is 1. The Hall–Kier alpha value is -3.16. The molecule has 0 aliphatic heterocycles. The van der Waals surface area contributed by atoms with Gasteiger partial charge in [0, 0.05) is 52.9 Å². The van der Waals surface area contributed by atoms with Crippen LogP contribution in [0.15, 0.2) is 60.8 Å². The maximum absolute atomic E-state index is 11.6. The SMILES string of the molecule is NC(=O)c1ccccc1.NCCC(=O)NC1CCC(Nc2ccnc3cc(Cl)ccc23)CC1. The van der Waals surface area contributed by atoms with Crippen LogP contribution in [0.5, 0.6) is 0 Å². The van der Waals surface area contributed by atoms with Crippen molar-refractivity contribution in [2.24, 2.45) is 11.5 Å². The van der Waals surface area contributed by atoms with Gasteiger partial charge in [0.05, 0.1) is 5.52 Å². The van der Waals surface area contributed by atoms with Crippen molar-refractivity contribution in [1.29, 1.82) is 0 Å². The summed E-state index contributed by atoms with van der Waals surface area (Å²) in [5.74, 6) is -0.318. The Labute approximate surface area is 198 Å². The van der Waals surface area contributed by atoms with Crippen LogP contribution in [0.25, 0.3) is 10.9 Å². The van der Waals surface area contributed by atoms with E-state index in [1.807, 2.05) is 30.3 Å². The minimum absolute atomic E-state index is 0.0610. The molecule has 0 bridgehead atoms. The van der Waals surface area contributed by atoms with Crippen LogP contribution in [0.4, 0.5) is 5.69 Å². The number of amides is 2. The average Bonchev–Trinajstić information content (AvgIpc) is 2.81. The molecule has 1 heterocycles. The van der Waals surface area contributed by atoms with Gasteiger partial charge < -0.3 is 22.1 Å². The summed E-state index contributed by atoms with van der Waals surface area (Å²) in [6, 6.07) is 17.2. The summed E-state index contributed by atoms with van der Waals surface area (Å²) < 4.78 is 0. The summed E-state index contributed by atoms with van der Waals surface area (Å²) in [5.41, 5.74) is 12.9. The lowest BCUT2D eigenvalue weighted by molar-refractivity contribution is -0.121. The Morgan fingerprint density at radius 1 is 1.00 bits per heavy atom. The molecule has 4 rings (SSSR count). The molecule has 0 radical (unpaired) electrons. The smallest absolute Gasteiger partial charge is 0.248 e. The number of rotatable bonds is 6. The van der Waals surface area contributed by atoms with Crippen molar-refractivity contribution < 1.29 is 9.59 Å². The van der Waals surface area contributed by atoms with E-state index in [2.05, 4.69) is 15.6 Å². The molecule has 1 saturated carbocycles. The maximum atomic E-state index is 11.6. The van der Waals surface area contributed by atoms with E-state index in [-0.39, 0.29) is 17.9 Å². The second-order valence-electron chi connectivity index (χ2n) is 8.05. The molecule has 8 heteroatoms. The van der Waals surface area contributed by atoms with Crippen LogP contribution in [0, 0.1) is 0 Å². The zero-order valence-corrected chi connectivity index (χ0v) is 19.2. The van der Waals surface area contributed by atoms with Gasteiger partial charge in [-0.15, -0.1) is 0 Å². The molecular formula is C25H30ClN5O2. The van der Waals surface area contributed by atoms with Crippen molar-refractivity contribution in [2.45, 2.75) is 44.2 Å². The van der Waals surface area contributed by atoms with Crippen LogP contribution in [-0.2, 0) is 4.79 Å². The van der Waals surface area contributed by atoms with E-state index < -0.39 is 0 Å². The molecular weight excluding hydrogens is 438 g/mol. The summed E-state index contributed by atoms with van der Waals surface area (Å²) in [6.45, 7) is 0.405.